The summed E-state index contributed by atoms with van der Waals surface area (Å²) < 4.78 is 10.9. The number of hydrogen-bond donors (Lipinski definition) is 0. The molecule has 1 atom stereocenters. The van der Waals surface area contributed by atoms with E-state index in [1.54, 1.807) is 13.3 Å². The van der Waals surface area contributed by atoms with Gasteiger partial charge in [0.15, 0.2) is 5.82 Å². The average Bonchev–Trinajstić information content (AvgIpc) is 3.34. The van der Waals surface area contributed by atoms with Crippen LogP contribution >= 0.6 is 0 Å². The van der Waals surface area contributed by atoms with Gasteiger partial charge in [-0.2, -0.15) is 4.98 Å². The third-order valence-electron chi connectivity index (χ3n) is 4.85. The maximum absolute atomic E-state index is 5.55. The fourth-order valence-corrected chi connectivity index (χ4v) is 3.20. The number of pyridine rings is 1. The molecule has 2 fully saturated rings. The van der Waals surface area contributed by atoms with Crippen molar-refractivity contribution in [1.29, 1.82) is 0 Å². The number of nitrogens with zero attached hydrogens (tertiary/aromatic N) is 5. The highest BCUT2D eigenvalue weighted by Gasteiger charge is 2.33. The van der Waals surface area contributed by atoms with Crippen molar-refractivity contribution in [1.82, 2.24) is 24.9 Å². The number of hydrogen-bond acceptors (Lipinski definition) is 7. The molecule has 0 unspecified atom stereocenters. The van der Waals surface area contributed by atoms with E-state index in [0.717, 1.165) is 43.5 Å². The van der Waals surface area contributed by atoms with Gasteiger partial charge in [0.05, 0.1) is 7.11 Å². The van der Waals surface area contributed by atoms with Gasteiger partial charge in [0, 0.05) is 43.9 Å². The lowest BCUT2D eigenvalue weighted by molar-refractivity contribution is 0.0709. The first kappa shape index (κ1) is 15.5. The summed E-state index contributed by atoms with van der Waals surface area (Å²) in [7, 11) is 3.78. The smallest absolute Gasteiger partial charge is 0.245 e. The third kappa shape index (κ3) is 3.14. The molecule has 2 aromatic rings. The zero-order valence-electron chi connectivity index (χ0n) is 14.2. The molecule has 24 heavy (non-hydrogen) atoms. The van der Waals surface area contributed by atoms with Crippen LogP contribution in [0.2, 0.25) is 0 Å². The topological polar surface area (TPSA) is 67.5 Å². The molecular weight excluding hydrogens is 306 g/mol. The van der Waals surface area contributed by atoms with Gasteiger partial charge >= 0.3 is 0 Å². The van der Waals surface area contributed by atoms with Crippen LogP contribution in [0.15, 0.2) is 22.9 Å². The van der Waals surface area contributed by atoms with Crippen LogP contribution in [0.3, 0.4) is 0 Å². The highest BCUT2D eigenvalue weighted by molar-refractivity contribution is 5.25. The molecule has 2 aliphatic rings. The molecule has 0 amide bonds. The van der Waals surface area contributed by atoms with Gasteiger partial charge in [-0.25, -0.2) is 4.98 Å². The molecule has 1 aliphatic carbocycles. The van der Waals surface area contributed by atoms with Crippen LogP contribution in [0.1, 0.15) is 42.1 Å². The Morgan fingerprint density at radius 2 is 2.21 bits per heavy atom. The molecule has 3 heterocycles. The summed E-state index contributed by atoms with van der Waals surface area (Å²) in [5.74, 6) is 2.83. The van der Waals surface area contributed by atoms with E-state index in [1.807, 2.05) is 6.07 Å². The Morgan fingerprint density at radius 3 is 3.00 bits per heavy atom. The van der Waals surface area contributed by atoms with E-state index in [4.69, 9.17) is 9.26 Å². The van der Waals surface area contributed by atoms with Gasteiger partial charge in [-0.15, -0.1) is 0 Å². The molecule has 0 radical (unpaired) electrons. The molecule has 2 aromatic heterocycles. The van der Waals surface area contributed by atoms with E-state index in [2.05, 4.69) is 38.0 Å². The second-order valence-electron chi connectivity index (χ2n) is 6.67. The van der Waals surface area contributed by atoms with E-state index in [0.29, 0.717) is 11.8 Å². The minimum absolute atomic E-state index is 0.140. The summed E-state index contributed by atoms with van der Waals surface area (Å²) in [4.78, 5) is 13.6. The van der Waals surface area contributed by atoms with Gasteiger partial charge in [0.25, 0.3) is 0 Å². The summed E-state index contributed by atoms with van der Waals surface area (Å²) >= 11 is 0. The predicted octanol–water partition coefficient (Wildman–Crippen LogP) is 1.84. The Morgan fingerprint density at radius 1 is 1.33 bits per heavy atom. The van der Waals surface area contributed by atoms with Crippen molar-refractivity contribution in [3.8, 4) is 5.88 Å². The number of piperazine rings is 1. The lowest BCUT2D eigenvalue weighted by Gasteiger charge is -2.37. The molecule has 1 saturated carbocycles. The van der Waals surface area contributed by atoms with Gasteiger partial charge in [-0.3, -0.25) is 9.80 Å². The van der Waals surface area contributed by atoms with Crippen LogP contribution in [0, 0.1) is 0 Å². The van der Waals surface area contributed by atoms with Crippen LogP contribution in [0.5, 0.6) is 5.88 Å². The van der Waals surface area contributed by atoms with Crippen LogP contribution in [0.25, 0.3) is 0 Å². The average molecular weight is 329 g/mol. The highest BCUT2D eigenvalue weighted by Crippen LogP contribution is 2.39. The van der Waals surface area contributed by atoms with E-state index in [9.17, 15) is 0 Å². The van der Waals surface area contributed by atoms with Crippen molar-refractivity contribution in [2.75, 3.05) is 33.8 Å². The van der Waals surface area contributed by atoms with Crippen LogP contribution < -0.4 is 4.74 Å². The van der Waals surface area contributed by atoms with Crippen molar-refractivity contribution in [3.05, 3.63) is 35.6 Å². The SMILES string of the molecule is COc1ncccc1CN1CCN(C)[C@@H](c2nc(C3CC3)no2)C1. The van der Waals surface area contributed by atoms with Crippen LogP contribution in [-0.2, 0) is 6.54 Å². The molecule has 1 saturated heterocycles. The Hall–Kier alpha value is -1.99. The Labute approximate surface area is 141 Å². The third-order valence-corrected chi connectivity index (χ3v) is 4.85. The number of rotatable bonds is 5. The summed E-state index contributed by atoms with van der Waals surface area (Å²) in [6.45, 7) is 3.63. The fourth-order valence-electron chi connectivity index (χ4n) is 3.20. The summed E-state index contributed by atoms with van der Waals surface area (Å²) in [6, 6.07) is 4.16. The number of likely N-dealkylation sites (N-methyl/N-ethyl adjacent to an activating group) is 1. The normalized spacial score (nSPS) is 22.7. The van der Waals surface area contributed by atoms with Crippen molar-refractivity contribution in [2.24, 2.45) is 0 Å². The van der Waals surface area contributed by atoms with Crippen molar-refractivity contribution in [3.63, 3.8) is 0 Å². The van der Waals surface area contributed by atoms with Gasteiger partial charge < -0.3 is 9.26 Å². The highest BCUT2D eigenvalue weighted by atomic mass is 16.5. The largest absolute Gasteiger partial charge is 0.481 e. The number of ether oxygens (including phenoxy) is 1. The lowest BCUT2D eigenvalue weighted by atomic mass is 10.1. The minimum atomic E-state index is 0.140. The molecule has 0 N–H and O–H groups in total. The van der Waals surface area contributed by atoms with Crippen LogP contribution in [-0.4, -0.2) is 58.7 Å². The number of methoxy groups -OCH3 is 1. The van der Waals surface area contributed by atoms with E-state index < -0.39 is 0 Å². The van der Waals surface area contributed by atoms with E-state index in [1.165, 1.54) is 12.8 Å². The molecule has 0 bridgehead atoms. The standard InChI is InChI=1S/C17H23N5O2/c1-21-8-9-22(10-13-4-3-7-18-16(13)23-2)11-14(21)17-19-15(20-24-17)12-5-6-12/h3-4,7,12,14H,5-6,8-11H2,1-2H3/t14-/m1/s1. The summed E-state index contributed by atoms with van der Waals surface area (Å²) in [5, 5.41) is 4.16. The van der Waals surface area contributed by atoms with Gasteiger partial charge in [0.1, 0.15) is 6.04 Å². The van der Waals surface area contributed by atoms with Crippen LogP contribution in [0.4, 0.5) is 0 Å². The Kier molecular flexibility index (Phi) is 4.20. The molecule has 1 aliphatic heterocycles. The summed E-state index contributed by atoms with van der Waals surface area (Å²) in [6.07, 6.45) is 4.13. The van der Waals surface area contributed by atoms with Gasteiger partial charge in [-0.05, 0) is 26.0 Å². The van der Waals surface area contributed by atoms with E-state index >= 15 is 0 Å². The molecule has 0 aromatic carbocycles. The molecule has 7 nitrogen and oxygen atoms in total. The maximum atomic E-state index is 5.55. The molecule has 0 spiro atoms. The van der Waals surface area contributed by atoms with Crippen molar-refractivity contribution in [2.45, 2.75) is 31.3 Å². The lowest BCUT2D eigenvalue weighted by Crippen LogP contribution is -2.46. The zero-order chi connectivity index (χ0) is 16.5. The second kappa shape index (κ2) is 6.49. The second-order valence-corrected chi connectivity index (χ2v) is 6.67. The molecule has 7 heteroatoms. The first-order valence-electron chi connectivity index (χ1n) is 8.48. The Bertz CT molecular complexity index is 700. The fraction of sp³-hybridized carbons (Fsp3) is 0.588. The first-order chi connectivity index (χ1) is 11.7. The predicted molar refractivity (Wildman–Crippen MR) is 87.7 cm³/mol. The van der Waals surface area contributed by atoms with Gasteiger partial charge in [0.2, 0.25) is 11.8 Å². The molecule has 128 valence electrons. The first-order valence-corrected chi connectivity index (χ1v) is 8.48. The van der Waals surface area contributed by atoms with Crippen molar-refractivity contribution >= 4 is 0 Å². The zero-order valence-corrected chi connectivity index (χ0v) is 14.2. The van der Waals surface area contributed by atoms with E-state index in [-0.39, 0.29) is 6.04 Å². The Balaban J connectivity index is 1.47. The maximum Gasteiger partial charge on any atom is 0.245 e. The monoisotopic (exact) mass is 329 g/mol. The minimum Gasteiger partial charge on any atom is -0.481 e. The number of aromatic nitrogens is 3. The quantitative estimate of drug-likeness (QED) is 0.829. The molecule has 4 rings (SSSR count). The molecular formula is C17H23N5O2. The summed E-state index contributed by atoms with van der Waals surface area (Å²) in [5.41, 5.74) is 1.10. The van der Waals surface area contributed by atoms with Gasteiger partial charge in [-0.1, -0.05) is 11.2 Å². The van der Waals surface area contributed by atoms with Crippen molar-refractivity contribution < 1.29 is 9.26 Å².